The highest BCUT2D eigenvalue weighted by molar-refractivity contribution is 7.14. The molecule has 3 rings (SSSR count). The number of amides is 1. The van der Waals surface area contributed by atoms with Crippen molar-refractivity contribution in [2.24, 2.45) is 0 Å². The monoisotopic (exact) mass is 406 g/mol. The number of esters is 1. The second-order valence-corrected chi connectivity index (χ2v) is 6.57. The maximum atomic E-state index is 13.3. The van der Waals surface area contributed by atoms with Gasteiger partial charge in [-0.15, -0.1) is 11.3 Å². The third-order valence-corrected chi connectivity index (χ3v) is 4.44. The number of anilines is 1. The van der Waals surface area contributed by atoms with Crippen LogP contribution in [-0.2, 0) is 9.53 Å². The van der Waals surface area contributed by atoms with Gasteiger partial charge >= 0.3 is 5.97 Å². The van der Waals surface area contributed by atoms with Gasteiger partial charge in [0.05, 0.1) is 11.3 Å². The van der Waals surface area contributed by atoms with Crippen LogP contribution in [0.3, 0.4) is 0 Å². The van der Waals surface area contributed by atoms with Crippen molar-refractivity contribution in [3.63, 3.8) is 0 Å². The van der Waals surface area contributed by atoms with E-state index in [-0.39, 0.29) is 10.7 Å². The quantitative estimate of drug-likeness (QED) is 0.638. The SMILES string of the molecule is C[C@H](OC(=O)c1ccc(F)cc1)C(=O)Nc1nc(-c2ccc(F)c(F)c2)cs1. The lowest BCUT2D eigenvalue weighted by molar-refractivity contribution is -0.123. The Hall–Kier alpha value is -3.20. The van der Waals surface area contributed by atoms with E-state index in [2.05, 4.69) is 10.3 Å². The summed E-state index contributed by atoms with van der Waals surface area (Å²) < 4.78 is 44.3. The van der Waals surface area contributed by atoms with Gasteiger partial charge in [-0.2, -0.15) is 0 Å². The fraction of sp³-hybridized carbons (Fsp3) is 0.105. The Kier molecular flexibility index (Phi) is 5.74. The number of rotatable bonds is 5. The first-order valence-electron chi connectivity index (χ1n) is 8.02. The molecule has 0 spiro atoms. The van der Waals surface area contributed by atoms with Gasteiger partial charge in [0.1, 0.15) is 5.82 Å². The number of halogens is 3. The summed E-state index contributed by atoms with van der Waals surface area (Å²) in [4.78, 5) is 28.3. The Morgan fingerprint density at radius 2 is 1.79 bits per heavy atom. The van der Waals surface area contributed by atoms with E-state index in [1.54, 1.807) is 5.38 Å². The second kappa shape index (κ2) is 8.22. The normalized spacial score (nSPS) is 11.7. The molecule has 5 nitrogen and oxygen atoms in total. The molecule has 1 atom stereocenters. The van der Waals surface area contributed by atoms with Crippen LogP contribution in [0.1, 0.15) is 17.3 Å². The number of aromatic nitrogens is 1. The highest BCUT2D eigenvalue weighted by Crippen LogP contribution is 2.26. The summed E-state index contributed by atoms with van der Waals surface area (Å²) in [5.41, 5.74) is 0.817. The molecular formula is C19H13F3N2O3S. The molecule has 28 heavy (non-hydrogen) atoms. The minimum Gasteiger partial charge on any atom is -0.449 e. The van der Waals surface area contributed by atoms with E-state index < -0.39 is 35.4 Å². The van der Waals surface area contributed by atoms with Crippen molar-refractivity contribution in [1.29, 1.82) is 0 Å². The van der Waals surface area contributed by atoms with Crippen LogP contribution in [0.5, 0.6) is 0 Å². The van der Waals surface area contributed by atoms with E-state index >= 15 is 0 Å². The van der Waals surface area contributed by atoms with Gasteiger partial charge in [-0.1, -0.05) is 0 Å². The molecule has 1 amide bonds. The molecule has 0 unspecified atom stereocenters. The number of carbonyl (C=O) groups is 2. The number of hydrogen-bond donors (Lipinski definition) is 1. The fourth-order valence-corrected chi connectivity index (χ4v) is 2.92. The smallest absolute Gasteiger partial charge is 0.338 e. The zero-order chi connectivity index (χ0) is 20.3. The molecule has 0 aliphatic rings. The maximum absolute atomic E-state index is 13.3. The molecule has 0 aliphatic heterocycles. The lowest BCUT2D eigenvalue weighted by Crippen LogP contribution is -2.29. The Bertz CT molecular complexity index is 1020. The molecule has 0 saturated carbocycles. The number of ether oxygens (including phenoxy) is 1. The Balaban J connectivity index is 1.62. The molecule has 0 bridgehead atoms. The molecule has 9 heteroatoms. The van der Waals surface area contributed by atoms with E-state index in [0.717, 1.165) is 35.6 Å². The summed E-state index contributed by atoms with van der Waals surface area (Å²) in [6, 6.07) is 8.07. The molecule has 1 N–H and O–H groups in total. The number of hydrogen-bond acceptors (Lipinski definition) is 5. The molecule has 144 valence electrons. The van der Waals surface area contributed by atoms with Gasteiger partial charge in [0.25, 0.3) is 5.91 Å². The molecule has 1 aromatic heterocycles. The van der Waals surface area contributed by atoms with E-state index in [4.69, 9.17) is 4.74 Å². The van der Waals surface area contributed by atoms with Gasteiger partial charge < -0.3 is 4.74 Å². The lowest BCUT2D eigenvalue weighted by Gasteiger charge is -2.12. The van der Waals surface area contributed by atoms with Crippen molar-refractivity contribution in [2.45, 2.75) is 13.0 Å². The Morgan fingerprint density at radius 3 is 2.46 bits per heavy atom. The fourth-order valence-electron chi connectivity index (χ4n) is 2.19. The number of thiazole rings is 1. The second-order valence-electron chi connectivity index (χ2n) is 5.71. The minimum absolute atomic E-state index is 0.107. The van der Waals surface area contributed by atoms with E-state index in [9.17, 15) is 22.8 Å². The van der Waals surface area contributed by atoms with Crippen LogP contribution in [0.15, 0.2) is 47.8 Å². The van der Waals surface area contributed by atoms with Gasteiger partial charge in [0.15, 0.2) is 22.9 Å². The zero-order valence-corrected chi connectivity index (χ0v) is 15.2. The van der Waals surface area contributed by atoms with Crippen molar-refractivity contribution >= 4 is 28.3 Å². The van der Waals surface area contributed by atoms with Crippen molar-refractivity contribution in [2.75, 3.05) is 5.32 Å². The third-order valence-electron chi connectivity index (χ3n) is 3.68. The van der Waals surface area contributed by atoms with Crippen molar-refractivity contribution in [1.82, 2.24) is 4.98 Å². The lowest BCUT2D eigenvalue weighted by atomic mass is 10.2. The summed E-state index contributed by atoms with van der Waals surface area (Å²) in [5, 5.41) is 4.26. The molecular weight excluding hydrogens is 393 g/mol. The summed E-state index contributed by atoms with van der Waals surface area (Å²) in [6.07, 6.45) is -1.13. The molecule has 2 aromatic carbocycles. The number of carbonyl (C=O) groups excluding carboxylic acids is 2. The van der Waals surface area contributed by atoms with Gasteiger partial charge in [-0.3, -0.25) is 10.1 Å². The summed E-state index contributed by atoms with van der Waals surface area (Å²) in [6.45, 7) is 1.38. The van der Waals surface area contributed by atoms with Crippen molar-refractivity contribution in [3.8, 4) is 11.3 Å². The number of benzene rings is 2. The van der Waals surface area contributed by atoms with Gasteiger partial charge in [-0.05, 0) is 49.4 Å². The Labute approximate surface area is 161 Å². The highest BCUT2D eigenvalue weighted by atomic mass is 32.1. The van der Waals surface area contributed by atoms with Crippen LogP contribution in [0.25, 0.3) is 11.3 Å². The largest absolute Gasteiger partial charge is 0.449 e. The van der Waals surface area contributed by atoms with Crippen LogP contribution in [0.4, 0.5) is 18.3 Å². The average molecular weight is 406 g/mol. The first-order chi connectivity index (χ1) is 13.3. The predicted molar refractivity (Wildman–Crippen MR) is 97.4 cm³/mol. The molecule has 0 fully saturated rings. The summed E-state index contributed by atoms with van der Waals surface area (Å²) >= 11 is 1.08. The Morgan fingerprint density at radius 1 is 1.07 bits per heavy atom. The van der Waals surface area contributed by atoms with Crippen LogP contribution >= 0.6 is 11.3 Å². The molecule has 3 aromatic rings. The maximum Gasteiger partial charge on any atom is 0.338 e. The first-order valence-corrected chi connectivity index (χ1v) is 8.90. The minimum atomic E-state index is -1.13. The van der Waals surface area contributed by atoms with Gasteiger partial charge in [0.2, 0.25) is 0 Å². The first kappa shape index (κ1) is 19.6. The molecule has 0 aliphatic carbocycles. The van der Waals surface area contributed by atoms with Crippen molar-refractivity contribution < 1.29 is 27.5 Å². The van der Waals surface area contributed by atoms with E-state index in [1.165, 1.54) is 25.1 Å². The summed E-state index contributed by atoms with van der Waals surface area (Å²) in [5.74, 6) is -3.87. The predicted octanol–water partition coefficient (Wildman–Crippen LogP) is 4.41. The molecule has 0 radical (unpaired) electrons. The number of nitrogens with zero attached hydrogens (tertiary/aromatic N) is 1. The topological polar surface area (TPSA) is 68.3 Å². The zero-order valence-electron chi connectivity index (χ0n) is 14.4. The van der Waals surface area contributed by atoms with Gasteiger partial charge in [0, 0.05) is 10.9 Å². The van der Waals surface area contributed by atoms with Crippen LogP contribution in [0, 0.1) is 17.5 Å². The third kappa shape index (κ3) is 4.55. The van der Waals surface area contributed by atoms with Crippen LogP contribution in [0.2, 0.25) is 0 Å². The van der Waals surface area contributed by atoms with Gasteiger partial charge in [-0.25, -0.2) is 22.9 Å². The van der Waals surface area contributed by atoms with E-state index in [1.807, 2.05) is 0 Å². The average Bonchev–Trinajstić information content (AvgIpc) is 3.12. The van der Waals surface area contributed by atoms with Crippen LogP contribution in [-0.4, -0.2) is 23.0 Å². The number of nitrogens with one attached hydrogen (secondary N) is 1. The molecule has 0 saturated heterocycles. The highest BCUT2D eigenvalue weighted by Gasteiger charge is 2.20. The summed E-state index contributed by atoms with van der Waals surface area (Å²) in [7, 11) is 0. The van der Waals surface area contributed by atoms with E-state index in [0.29, 0.717) is 11.3 Å². The standard InChI is InChI=1S/C19H13F3N2O3S/c1-10(27-18(26)11-2-5-13(20)6-3-11)17(25)24-19-23-16(9-28-19)12-4-7-14(21)15(22)8-12/h2-10H,1H3,(H,23,24,25)/t10-/m0/s1. The molecule has 1 heterocycles. The van der Waals surface area contributed by atoms with Crippen LogP contribution < -0.4 is 5.32 Å². The van der Waals surface area contributed by atoms with Crippen molar-refractivity contribution in [3.05, 3.63) is 70.9 Å².